The molecule has 2 atom stereocenters. The average molecular weight is 365 g/mol. The van der Waals surface area contributed by atoms with Crippen molar-refractivity contribution in [3.8, 4) is 11.5 Å². The smallest absolute Gasteiger partial charge is 0.311 e. The molecule has 1 amide bonds. The van der Waals surface area contributed by atoms with Gasteiger partial charge in [-0.15, -0.1) is 0 Å². The molecule has 2 aliphatic rings. The summed E-state index contributed by atoms with van der Waals surface area (Å²) < 4.78 is 16.2. The van der Waals surface area contributed by atoms with Gasteiger partial charge in [0.25, 0.3) is 0 Å². The quantitative estimate of drug-likeness (QED) is 0.747. The maximum Gasteiger partial charge on any atom is 0.311 e. The number of carbonyl (C=O) groups is 2. The first-order valence-corrected chi connectivity index (χ1v) is 9.44. The molecule has 7 heteroatoms. The molecule has 136 valence electrons. The summed E-state index contributed by atoms with van der Waals surface area (Å²) in [7, 11) is 3.11. The van der Waals surface area contributed by atoms with Crippen molar-refractivity contribution in [3.05, 3.63) is 18.2 Å². The predicted molar refractivity (Wildman–Crippen MR) is 96.4 cm³/mol. The third kappa shape index (κ3) is 3.71. The van der Waals surface area contributed by atoms with Gasteiger partial charge in [0.2, 0.25) is 5.91 Å². The van der Waals surface area contributed by atoms with Gasteiger partial charge >= 0.3 is 5.97 Å². The first-order valence-electron chi connectivity index (χ1n) is 8.29. The van der Waals surface area contributed by atoms with Crippen LogP contribution in [0.25, 0.3) is 0 Å². The van der Waals surface area contributed by atoms with E-state index in [0.717, 1.165) is 17.9 Å². The zero-order chi connectivity index (χ0) is 18.0. The summed E-state index contributed by atoms with van der Waals surface area (Å²) in [6, 6.07) is 5.30. The Morgan fingerprint density at radius 2 is 2.04 bits per heavy atom. The minimum atomic E-state index is -0.428. The van der Waals surface area contributed by atoms with Crippen molar-refractivity contribution in [1.82, 2.24) is 0 Å². The Morgan fingerprint density at radius 1 is 1.28 bits per heavy atom. The monoisotopic (exact) mass is 365 g/mol. The van der Waals surface area contributed by atoms with Crippen LogP contribution in [-0.2, 0) is 14.3 Å². The predicted octanol–water partition coefficient (Wildman–Crippen LogP) is 2.50. The number of methoxy groups -OCH3 is 2. The van der Waals surface area contributed by atoms with Gasteiger partial charge in [-0.2, -0.15) is 11.8 Å². The number of nitrogens with zero attached hydrogens (tertiary/aromatic N) is 1. The van der Waals surface area contributed by atoms with Crippen LogP contribution in [0.5, 0.6) is 11.5 Å². The van der Waals surface area contributed by atoms with Crippen LogP contribution < -0.4 is 14.4 Å². The van der Waals surface area contributed by atoms with E-state index in [4.69, 9.17) is 14.2 Å². The van der Waals surface area contributed by atoms with Crippen molar-refractivity contribution < 1.29 is 23.8 Å². The van der Waals surface area contributed by atoms with E-state index in [1.54, 1.807) is 49.1 Å². The second kappa shape index (κ2) is 7.15. The molecule has 0 saturated carbocycles. The molecular formula is C18H23NO5S. The van der Waals surface area contributed by atoms with Gasteiger partial charge in [-0.05, 0) is 31.2 Å². The second-order valence-corrected chi connectivity index (χ2v) is 7.72. The molecule has 0 aromatic heterocycles. The van der Waals surface area contributed by atoms with Crippen molar-refractivity contribution in [2.24, 2.45) is 5.92 Å². The number of ether oxygens (including phenoxy) is 3. The molecule has 2 fully saturated rings. The van der Waals surface area contributed by atoms with E-state index in [1.165, 1.54) is 0 Å². The molecule has 1 aromatic carbocycles. The Kier molecular flexibility index (Phi) is 5.13. The van der Waals surface area contributed by atoms with E-state index in [-0.39, 0.29) is 18.3 Å². The van der Waals surface area contributed by atoms with Crippen molar-refractivity contribution >= 4 is 29.3 Å². The molecule has 6 nitrogen and oxygen atoms in total. The van der Waals surface area contributed by atoms with Gasteiger partial charge in [0.15, 0.2) is 11.5 Å². The van der Waals surface area contributed by atoms with E-state index < -0.39 is 11.5 Å². The molecule has 0 aliphatic carbocycles. The lowest BCUT2D eigenvalue weighted by Crippen LogP contribution is -2.35. The summed E-state index contributed by atoms with van der Waals surface area (Å²) in [5.74, 6) is 2.18. The molecule has 2 unspecified atom stereocenters. The van der Waals surface area contributed by atoms with E-state index in [2.05, 4.69) is 0 Å². The molecule has 2 aliphatic heterocycles. The second-order valence-electron chi connectivity index (χ2n) is 6.62. The van der Waals surface area contributed by atoms with Crippen LogP contribution in [0.3, 0.4) is 0 Å². The van der Waals surface area contributed by atoms with Crippen LogP contribution in [0, 0.1) is 5.92 Å². The summed E-state index contributed by atoms with van der Waals surface area (Å²) in [5.41, 5.74) is 0.294. The maximum absolute atomic E-state index is 12.5. The molecule has 2 heterocycles. The maximum atomic E-state index is 12.5. The highest BCUT2D eigenvalue weighted by Crippen LogP contribution is 2.36. The van der Waals surface area contributed by atoms with E-state index in [9.17, 15) is 9.59 Å². The first-order chi connectivity index (χ1) is 12.0. The van der Waals surface area contributed by atoms with Crippen molar-refractivity contribution in [2.75, 3.05) is 37.2 Å². The summed E-state index contributed by atoms with van der Waals surface area (Å²) in [4.78, 5) is 26.5. The Hall–Kier alpha value is -1.89. The van der Waals surface area contributed by atoms with Crippen molar-refractivity contribution in [3.63, 3.8) is 0 Å². The zero-order valence-corrected chi connectivity index (χ0v) is 15.6. The van der Waals surface area contributed by atoms with Crippen LogP contribution in [-0.4, -0.2) is 49.7 Å². The molecule has 2 saturated heterocycles. The van der Waals surface area contributed by atoms with Gasteiger partial charge in [-0.3, -0.25) is 9.59 Å². The van der Waals surface area contributed by atoms with Gasteiger partial charge in [0, 0.05) is 30.5 Å². The van der Waals surface area contributed by atoms with Gasteiger partial charge in [0.1, 0.15) is 5.60 Å². The number of thioether (sulfide) groups is 1. The highest BCUT2D eigenvalue weighted by atomic mass is 32.2. The topological polar surface area (TPSA) is 65.1 Å². The molecule has 0 N–H and O–H groups in total. The molecule has 3 rings (SSSR count). The summed E-state index contributed by atoms with van der Waals surface area (Å²) >= 11 is 1.79. The van der Waals surface area contributed by atoms with Gasteiger partial charge in [-0.1, -0.05) is 0 Å². The minimum Gasteiger partial charge on any atom is -0.493 e. The highest BCUT2D eigenvalue weighted by molar-refractivity contribution is 7.99. The Morgan fingerprint density at radius 3 is 2.68 bits per heavy atom. The third-order valence-electron chi connectivity index (χ3n) is 4.67. The van der Waals surface area contributed by atoms with Crippen LogP contribution in [0.1, 0.15) is 19.8 Å². The van der Waals surface area contributed by atoms with Crippen LogP contribution in [0.2, 0.25) is 0 Å². The normalized spacial score (nSPS) is 26.0. The summed E-state index contributed by atoms with van der Waals surface area (Å²) in [6.45, 7) is 2.30. The Labute approximate surface area is 151 Å². The number of benzene rings is 1. The fraction of sp³-hybridized carbons (Fsp3) is 0.556. The van der Waals surface area contributed by atoms with Gasteiger partial charge < -0.3 is 19.1 Å². The minimum absolute atomic E-state index is 0.0832. The SMILES string of the molecule is COc1ccc(N2CC(C(=O)OC3(C)CCSC3)CC2=O)cc1OC. The van der Waals surface area contributed by atoms with Gasteiger partial charge in [-0.25, -0.2) is 0 Å². The van der Waals surface area contributed by atoms with E-state index in [0.29, 0.717) is 23.7 Å². The van der Waals surface area contributed by atoms with Gasteiger partial charge in [0.05, 0.1) is 20.1 Å². The molecular weight excluding hydrogens is 342 g/mol. The number of carbonyl (C=O) groups excluding carboxylic acids is 2. The number of anilines is 1. The van der Waals surface area contributed by atoms with Crippen LogP contribution in [0.4, 0.5) is 5.69 Å². The summed E-state index contributed by atoms with van der Waals surface area (Å²) in [6.07, 6.45) is 1.04. The number of hydrogen-bond acceptors (Lipinski definition) is 6. The average Bonchev–Trinajstić information content (AvgIpc) is 3.20. The largest absolute Gasteiger partial charge is 0.493 e. The molecule has 1 aromatic rings. The third-order valence-corrected chi connectivity index (χ3v) is 5.97. The van der Waals surface area contributed by atoms with Crippen molar-refractivity contribution in [1.29, 1.82) is 0 Å². The lowest BCUT2D eigenvalue weighted by atomic mass is 10.1. The van der Waals surface area contributed by atoms with Crippen LogP contribution >= 0.6 is 11.8 Å². The first kappa shape index (κ1) is 17.9. The van der Waals surface area contributed by atoms with E-state index >= 15 is 0 Å². The highest BCUT2D eigenvalue weighted by Gasteiger charge is 2.40. The standard InChI is InChI=1S/C18H23NO5S/c1-18(6-7-25-11-18)24-17(21)12-8-16(20)19(10-12)13-4-5-14(22-2)15(9-13)23-3/h4-5,9,12H,6-8,10-11H2,1-3H3. The fourth-order valence-corrected chi connectivity index (χ4v) is 4.52. The lowest BCUT2D eigenvalue weighted by Gasteiger charge is -2.25. The molecule has 0 spiro atoms. The summed E-state index contributed by atoms with van der Waals surface area (Å²) in [5, 5.41) is 0. The van der Waals surface area contributed by atoms with Crippen molar-refractivity contribution in [2.45, 2.75) is 25.4 Å². The van der Waals surface area contributed by atoms with E-state index in [1.807, 2.05) is 6.92 Å². The van der Waals surface area contributed by atoms with Crippen LogP contribution in [0.15, 0.2) is 18.2 Å². The number of esters is 1. The zero-order valence-electron chi connectivity index (χ0n) is 14.7. The number of hydrogen-bond donors (Lipinski definition) is 0. The lowest BCUT2D eigenvalue weighted by molar-refractivity contribution is -0.160. The number of rotatable bonds is 5. The molecule has 25 heavy (non-hydrogen) atoms. The number of amides is 1. The molecule has 0 bridgehead atoms. The Balaban J connectivity index is 1.71. The fourth-order valence-electron chi connectivity index (χ4n) is 3.16. The Bertz CT molecular complexity index is 671. The molecule has 0 radical (unpaired) electrons.